The van der Waals surface area contributed by atoms with E-state index in [0.717, 1.165) is 19.4 Å². The number of ether oxygens (including phenoxy) is 1. The predicted octanol–water partition coefficient (Wildman–Crippen LogP) is 1.95. The monoisotopic (exact) mass is 286 g/mol. The number of unbranched alkanes of at least 4 members (excludes halogenated alkanes) is 1. The molecule has 0 aromatic rings. The van der Waals surface area contributed by atoms with E-state index in [9.17, 15) is 4.79 Å². The lowest BCUT2D eigenvalue weighted by atomic mass is 10.2. The van der Waals surface area contributed by atoms with Crippen molar-refractivity contribution in [2.75, 3.05) is 26.2 Å². The number of hydrogen-bond donors (Lipinski definition) is 2. The summed E-state index contributed by atoms with van der Waals surface area (Å²) in [5.41, 5.74) is 5.25. The quantitative estimate of drug-likeness (QED) is 0.426. The van der Waals surface area contributed by atoms with Crippen molar-refractivity contribution in [2.24, 2.45) is 10.7 Å². The predicted molar refractivity (Wildman–Crippen MR) is 82.9 cm³/mol. The van der Waals surface area contributed by atoms with Crippen LogP contribution in [0.5, 0.6) is 0 Å². The van der Waals surface area contributed by atoms with E-state index in [0.29, 0.717) is 25.6 Å². The standard InChI is InChI=1S/C14H30N4O2/c1-6-8-9-16-12(15)17-10-11-18(7-2)13(19)20-14(3,4)5/h6-11H2,1-5H3,(H3,15,16,17). The highest BCUT2D eigenvalue weighted by atomic mass is 16.6. The van der Waals surface area contributed by atoms with Crippen LogP contribution in [0.1, 0.15) is 47.5 Å². The van der Waals surface area contributed by atoms with Crippen LogP contribution in [0, 0.1) is 0 Å². The van der Waals surface area contributed by atoms with Crippen LogP contribution in [0.3, 0.4) is 0 Å². The number of nitrogens with two attached hydrogens (primary N) is 1. The number of nitrogens with zero attached hydrogens (tertiary/aromatic N) is 2. The Kier molecular flexibility index (Phi) is 8.76. The van der Waals surface area contributed by atoms with Gasteiger partial charge in [-0.1, -0.05) is 13.3 Å². The Bertz CT molecular complexity index is 311. The van der Waals surface area contributed by atoms with E-state index in [1.54, 1.807) is 4.90 Å². The first-order chi connectivity index (χ1) is 9.30. The molecule has 0 heterocycles. The number of hydrogen-bond acceptors (Lipinski definition) is 3. The minimum atomic E-state index is -0.474. The number of likely N-dealkylation sites (N-methyl/N-ethyl adjacent to an activating group) is 1. The minimum Gasteiger partial charge on any atom is -0.444 e. The Balaban J connectivity index is 4.07. The Hall–Kier alpha value is -1.46. The maximum atomic E-state index is 11.9. The van der Waals surface area contributed by atoms with Crippen LogP contribution in [0.2, 0.25) is 0 Å². The van der Waals surface area contributed by atoms with Gasteiger partial charge in [0.2, 0.25) is 0 Å². The van der Waals surface area contributed by atoms with Crippen molar-refractivity contribution in [3.63, 3.8) is 0 Å². The average Bonchev–Trinajstić information content (AvgIpc) is 2.32. The normalized spacial score (nSPS) is 12.2. The summed E-state index contributed by atoms with van der Waals surface area (Å²) in [6.45, 7) is 12.0. The Morgan fingerprint density at radius 1 is 1.35 bits per heavy atom. The number of aliphatic imine (C=N–C) groups is 1. The third-order valence-corrected chi connectivity index (χ3v) is 2.52. The molecule has 20 heavy (non-hydrogen) atoms. The summed E-state index contributed by atoms with van der Waals surface area (Å²) in [5, 5.41) is 3.00. The third kappa shape index (κ3) is 9.47. The Morgan fingerprint density at radius 3 is 2.50 bits per heavy atom. The van der Waals surface area contributed by atoms with Gasteiger partial charge in [-0.3, -0.25) is 4.99 Å². The summed E-state index contributed by atoms with van der Waals surface area (Å²) in [6.07, 6.45) is 1.82. The van der Waals surface area contributed by atoms with Crippen LogP contribution in [0.4, 0.5) is 4.79 Å². The molecule has 0 saturated heterocycles. The molecular weight excluding hydrogens is 256 g/mol. The van der Waals surface area contributed by atoms with E-state index in [4.69, 9.17) is 10.5 Å². The van der Waals surface area contributed by atoms with E-state index in [1.807, 2.05) is 27.7 Å². The number of carbonyl (C=O) groups is 1. The molecule has 0 bridgehead atoms. The molecule has 0 aromatic carbocycles. The van der Waals surface area contributed by atoms with Crippen LogP contribution >= 0.6 is 0 Å². The van der Waals surface area contributed by atoms with Crippen molar-refractivity contribution >= 4 is 12.1 Å². The van der Waals surface area contributed by atoms with Crippen molar-refractivity contribution in [1.82, 2.24) is 10.2 Å². The van der Waals surface area contributed by atoms with Crippen molar-refractivity contribution in [3.05, 3.63) is 0 Å². The molecule has 0 fully saturated rings. The van der Waals surface area contributed by atoms with Gasteiger partial charge in [0.05, 0.1) is 0 Å². The van der Waals surface area contributed by atoms with E-state index in [-0.39, 0.29) is 6.09 Å². The summed E-state index contributed by atoms with van der Waals surface area (Å²) < 4.78 is 5.33. The molecule has 6 nitrogen and oxygen atoms in total. The Morgan fingerprint density at radius 2 is 2.00 bits per heavy atom. The van der Waals surface area contributed by atoms with Gasteiger partial charge < -0.3 is 20.7 Å². The van der Waals surface area contributed by atoms with Gasteiger partial charge in [0.15, 0.2) is 5.96 Å². The lowest BCUT2D eigenvalue weighted by Crippen LogP contribution is -2.42. The first-order valence-corrected chi connectivity index (χ1v) is 7.31. The fourth-order valence-electron chi connectivity index (χ4n) is 1.44. The second kappa shape index (κ2) is 9.44. The van der Waals surface area contributed by atoms with Crippen molar-refractivity contribution in [1.29, 1.82) is 0 Å². The maximum Gasteiger partial charge on any atom is 0.410 e. The molecule has 0 unspecified atom stereocenters. The summed E-state index contributed by atoms with van der Waals surface area (Å²) in [4.78, 5) is 17.7. The molecule has 0 aliphatic heterocycles. The molecule has 3 N–H and O–H groups in total. The second-order valence-electron chi connectivity index (χ2n) is 5.61. The second-order valence-corrected chi connectivity index (χ2v) is 5.61. The van der Waals surface area contributed by atoms with Crippen LogP contribution in [-0.4, -0.2) is 48.7 Å². The zero-order valence-corrected chi connectivity index (χ0v) is 13.5. The molecule has 0 aromatic heterocycles. The molecule has 0 saturated carbocycles. The van der Waals surface area contributed by atoms with Crippen LogP contribution in [0.25, 0.3) is 0 Å². The molecule has 118 valence electrons. The number of amides is 1. The molecule has 0 rings (SSSR count). The van der Waals surface area contributed by atoms with Crippen LogP contribution in [-0.2, 0) is 4.74 Å². The molecule has 0 aliphatic carbocycles. The number of carbonyl (C=O) groups excluding carboxylic acids is 1. The minimum absolute atomic E-state index is 0.303. The van der Waals surface area contributed by atoms with E-state index < -0.39 is 5.60 Å². The van der Waals surface area contributed by atoms with Gasteiger partial charge in [-0.05, 0) is 34.1 Å². The lowest BCUT2D eigenvalue weighted by molar-refractivity contribution is 0.0264. The molecular formula is C14H30N4O2. The smallest absolute Gasteiger partial charge is 0.410 e. The van der Waals surface area contributed by atoms with E-state index in [2.05, 4.69) is 17.2 Å². The number of rotatable bonds is 7. The van der Waals surface area contributed by atoms with Crippen LogP contribution in [0.15, 0.2) is 4.99 Å². The summed E-state index contributed by atoms with van der Waals surface area (Å²) in [7, 11) is 0. The maximum absolute atomic E-state index is 11.9. The van der Waals surface area contributed by atoms with Gasteiger partial charge in [0, 0.05) is 26.2 Å². The van der Waals surface area contributed by atoms with Crippen LogP contribution < -0.4 is 11.1 Å². The van der Waals surface area contributed by atoms with Gasteiger partial charge in [0.25, 0.3) is 0 Å². The molecule has 0 radical (unpaired) electrons. The van der Waals surface area contributed by atoms with Crippen molar-refractivity contribution in [2.45, 2.75) is 53.1 Å². The summed E-state index contributed by atoms with van der Waals surface area (Å²) in [6, 6.07) is 0. The number of guanidine groups is 1. The van der Waals surface area contributed by atoms with Gasteiger partial charge in [-0.2, -0.15) is 0 Å². The molecule has 6 heteroatoms. The highest BCUT2D eigenvalue weighted by Gasteiger charge is 2.20. The van der Waals surface area contributed by atoms with Crippen molar-refractivity contribution in [3.8, 4) is 0 Å². The average molecular weight is 286 g/mol. The summed E-state index contributed by atoms with van der Waals surface area (Å²) in [5.74, 6) is 0.429. The lowest BCUT2D eigenvalue weighted by Gasteiger charge is -2.26. The fourth-order valence-corrected chi connectivity index (χ4v) is 1.44. The Labute approximate surface area is 122 Å². The van der Waals surface area contributed by atoms with Gasteiger partial charge in [-0.15, -0.1) is 0 Å². The molecule has 0 aliphatic rings. The molecule has 1 amide bonds. The third-order valence-electron chi connectivity index (χ3n) is 2.52. The van der Waals surface area contributed by atoms with Crippen molar-refractivity contribution < 1.29 is 9.53 Å². The highest BCUT2D eigenvalue weighted by Crippen LogP contribution is 2.09. The zero-order valence-electron chi connectivity index (χ0n) is 13.5. The zero-order chi connectivity index (χ0) is 15.6. The van der Waals surface area contributed by atoms with Gasteiger partial charge in [0.1, 0.15) is 5.60 Å². The van der Waals surface area contributed by atoms with Gasteiger partial charge in [-0.25, -0.2) is 4.79 Å². The van der Waals surface area contributed by atoms with E-state index >= 15 is 0 Å². The largest absolute Gasteiger partial charge is 0.444 e. The fraction of sp³-hybridized carbons (Fsp3) is 0.857. The molecule has 0 spiro atoms. The first kappa shape index (κ1) is 18.5. The SMILES string of the molecule is CCCCN=C(N)NCCN(CC)C(=O)OC(C)(C)C. The highest BCUT2D eigenvalue weighted by molar-refractivity contribution is 5.77. The number of nitrogens with one attached hydrogen (secondary N) is 1. The topological polar surface area (TPSA) is 80.0 Å². The summed E-state index contributed by atoms with van der Waals surface area (Å²) >= 11 is 0. The molecule has 0 atom stereocenters. The van der Waals surface area contributed by atoms with E-state index in [1.165, 1.54) is 0 Å². The first-order valence-electron chi connectivity index (χ1n) is 7.31. The van der Waals surface area contributed by atoms with Gasteiger partial charge >= 0.3 is 6.09 Å².